The van der Waals surface area contributed by atoms with Crippen molar-refractivity contribution in [2.24, 2.45) is 7.05 Å². The lowest BCUT2D eigenvalue weighted by Crippen LogP contribution is -2.48. The number of hydrogen-bond acceptors (Lipinski definition) is 5. The smallest absolute Gasteiger partial charge is 0.356 e. The quantitative estimate of drug-likeness (QED) is 0.812. The van der Waals surface area contributed by atoms with E-state index in [9.17, 15) is 9.59 Å². The van der Waals surface area contributed by atoms with E-state index < -0.39 is 5.97 Å². The van der Waals surface area contributed by atoms with Crippen LogP contribution in [0.1, 0.15) is 23.0 Å². The summed E-state index contributed by atoms with van der Waals surface area (Å²) in [5.41, 5.74) is 2.84. The van der Waals surface area contributed by atoms with E-state index >= 15 is 0 Å². The minimum absolute atomic E-state index is 0.112. The van der Waals surface area contributed by atoms with Gasteiger partial charge in [-0.05, 0) is 25.6 Å². The summed E-state index contributed by atoms with van der Waals surface area (Å²) in [7, 11) is 3.16. The maximum absolute atomic E-state index is 12.7. The first-order chi connectivity index (χ1) is 12.9. The lowest BCUT2D eigenvalue weighted by atomic mass is 10.1. The number of benzene rings is 1. The van der Waals surface area contributed by atoms with Gasteiger partial charge in [0.25, 0.3) is 0 Å². The third-order valence-corrected chi connectivity index (χ3v) is 5.28. The highest BCUT2D eigenvalue weighted by Crippen LogP contribution is 2.31. The molecule has 0 bridgehead atoms. The third-order valence-electron chi connectivity index (χ3n) is 5.28. The molecule has 0 saturated carbocycles. The summed E-state index contributed by atoms with van der Waals surface area (Å²) >= 11 is 0. The van der Waals surface area contributed by atoms with E-state index in [0.717, 1.165) is 49.2 Å². The fourth-order valence-electron chi connectivity index (χ4n) is 3.67. The summed E-state index contributed by atoms with van der Waals surface area (Å²) < 4.78 is 6.72. The maximum atomic E-state index is 12.7. The zero-order chi connectivity index (χ0) is 19.6. The molecule has 0 aliphatic carbocycles. The van der Waals surface area contributed by atoms with Gasteiger partial charge < -0.3 is 19.5 Å². The number of methoxy groups -OCH3 is 1. The molecule has 1 aromatic carbocycles. The predicted molar refractivity (Wildman–Crippen MR) is 106 cm³/mol. The first-order valence-electron chi connectivity index (χ1n) is 9.36. The summed E-state index contributed by atoms with van der Waals surface area (Å²) in [5.74, 6) is -0.572. The van der Waals surface area contributed by atoms with Crippen LogP contribution in [0.3, 0.4) is 0 Å². The average Bonchev–Trinajstić information content (AvgIpc) is 2.93. The van der Waals surface area contributed by atoms with Gasteiger partial charge in [0.2, 0.25) is 5.91 Å². The Morgan fingerprint density at radius 2 is 1.81 bits per heavy atom. The number of nitrogens with one attached hydrogen (secondary N) is 1. The van der Waals surface area contributed by atoms with Crippen LogP contribution < -0.4 is 5.32 Å². The van der Waals surface area contributed by atoms with Crippen LogP contribution in [0.15, 0.2) is 18.2 Å². The van der Waals surface area contributed by atoms with Crippen LogP contribution in [-0.4, -0.2) is 72.6 Å². The molecular weight excluding hydrogens is 344 g/mol. The van der Waals surface area contributed by atoms with Crippen molar-refractivity contribution in [3.05, 3.63) is 29.5 Å². The van der Waals surface area contributed by atoms with Crippen LogP contribution in [0.25, 0.3) is 10.9 Å². The number of hydrogen-bond donors (Lipinski definition) is 1. The average molecular weight is 372 g/mol. The van der Waals surface area contributed by atoms with Crippen molar-refractivity contribution in [2.75, 3.05) is 51.7 Å². The largest absolute Gasteiger partial charge is 0.464 e. The van der Waals surface area contributed by atoms with Gasteiger partial charge in [-0.25, -0.2) is 4.79 Å². The molecule has 1 N–H and O–H groups in total. The molecule has 0 atom stereocenters. The van der Waals surface area contributed by atoms with E-state index in [1.165, 1.54) is 7.11 Å². The Hall–Kier alpha value is -2.38. The highest BCUT2D eigenvalue weighted by molar-refractivity contribution is 6.11. The Kier molecular flexibility index (Phi) is 5.82. The van der Waals surface area contributed by atoms with E-state index in [4.69, 9.17) is 4.74 Å². The summed E-state index contributed by atoms with van der Waals surface area (Å²) in [6, 6.07) is 5.93. The monoisotopic (exact) mass is 372 g/mol. The van der Waals surface area contributed by atoms with Gasteiger partial charge in [0.15, 0.2) is 5.69 Å². The van der Waals surface area contributed by atoms with Crippen LogP contribution >= 0.6 is 0 Å². The number of fused-ring (bicyclic) bond motifs is 1. The predicted octanol–water partition coefficient (Wildman–Crippen LogP) is 1.85. The van der Waals surface area contributed by atoms with Crippen molar-refractivity contribution in [3.8, 4) is 0 Å². The molecule has 2 aromatic rings. The number of rotatable bonds is 5. The SMILES string of the molecule is CCN1CCN(CC(=O)Nc2c(C(=O)OC)n(C)c3ccc(C)cc23)CC1. The molecule has 2 heterocycles. The molecule has 3 rings (SSSR count). The Morgan fingerprint density at radius 1 is 1.15 bits per heavy atom. The Morgan fingerprint density at radius 3 is 2.44 bits per heavy atom. The number of aromatic nitrogens is 1. The molecular formula is C20H28N4O3. The minimum atomic E-state index is -0.460. The Balaban J connectivity index is 1.84. The number of amides is 1. The second kappa shape index (κ2) is 8.10. The van der Waals surface area contributed by atoms with Crippen molar-refractivity contribution in [1.29, 1.82) is 0 Å². The van der Waals surface area contributed by atoms with Crippen molar-refractivity contribution in [3.63, 3.8) is 0 Å². The van der Waals surface area contributed by atoms with Gasteiger partial charge >= 0.3 is 5.97 Å². The number of esters is 1. The first kappa shape index (κ1) is 19.4. The number of ether oxygens (including phenoxy) is 1. The maximum Gasteiger partial charge on any atom is 0.356 e. The molecule has 0 radical (unpaired) electrons. The summed E-state index contributed by atoms with van der Waals surface area (Å²) in [5, 5.41) is 3.82. The molecule has 1 aliphatic heterocycles. The number of likely N-dealkylation sites (N-methyl/N-ethyl adjacent to an activating group) is 1. The van der Waals surface area contributed by atoms with Gasteiger partial charge in [-0.2, -0.15) is 0 Å². The molecule has 0 unspecified atom stereocenters. The number of carbonyl (C=O) groups excluding carboxylic acids is 2. The zero-order valence-electron chi connectivity index (χ0n) is 16.5. The molecule has 0 spiro atoms. The highest BCUT2D eigenvalue weighted by Gasteiger charge is 2.24. The fourth-order valence-corrected chi connectivity index (χ4v) is 3.67. The van der Waals surface area contributed by atoms with Crippen LogP contribution in [0.2, 0.25) is 0 Å². The molecule has 1 fully saturated rings. The number of aryl methyl sites for hydroxylation is 2. The third kappa shape index (κ3) is 3.99. The number of anilines is 1. The van der Waals surface area contributed by atoms with E-state index in [1.54, 1.807) is 4.57 Å². The van der Waals surface area contributed by atoms with Crippen LogP contribution in [0, 0.1) is 6.92 Å². The second-order valence-electron chi connectivity index (χ2n) is 7.05. The molecule has 1 amide bonds. The molecule has 1 saturated heterocycles. The first-order valence-corrected chi connectivity index (χ1v) is 9.36. The lowest BCUT2D eigenvalue weighted by Gasteiger charge is -2.33. The number of nitrogens with zero attached hydrogens (tertiary/aromatic N) is 3. The van der Waals surface area contributed by atoms with Crippen molar-refractivity contribution >= 4 is 28.5 Å². The summed E-state index contributed by atoms with van der Waals surface area (Å²) in [6.45, 7) is 9.20. The molecule has 27 heavy (non-hydrogen) atoms. The van der Waals surface area contributed by atoms with Gasteiger partial charge in [0.05, 0.1) is 24.9 Å². The topological polar surface area (TPSA) is 66.8 Å². The van der Waals surface area contributed by atoms with Gasteiger partial charge in [0.1, 0.15) is 0 Å². The molecule has 1 aliphatic rings. The molecule has 7 nitrogen and oxygen atoms in total. The lowest BCUT2D eigenvalue weighted by molar-refractivity contribution is -0.117. The molecule has 1 aromatic heterocycles. The number of carbonyl (C=O) groups is 2. The second-order valence-corrected chi connectivity index (χ2v) is 7.05. The van der Waals surface area contributed by atoms with Crippen molar-refractivity contribution in [1.82, 2.24) is 14.4 Å². The van der Waals surface area contributed by atoms with Crippen LogP contribution in [0.4, 0.5) is 5.69 Å². The Bertz CT molecular complexity index is 851. The van der Waals surface area contributed by atoms with Gasteiger partial charge in [-0.15, -0.1) is 0 Å². The van der Waals surface area contributed by atoms with Crippen LogP contribution in [0.5, 0.6) is 0 Å². The van der Waals surface area contributed by atoms with E-state index in [-0.39, 0.29) is 5.91 Å². The Labute approximate surface area is 159 Å². The summed E-state index contributed by atoms with van der Waals surface area (Å²) in [4.78, 5) is 29.6. The minimum Gasteiger partial charge on any atom is -0.464 e. The molecule has 7 heteroatoms. The van der Waals surface area contributed by atoms with Crippen molar-refractivity contribution in [2.45, 2.75) is 13.8 Å². The normalized spacial score (nSPS) is 15.9. The summed E-state index contributed by atoms with van der Waals surface area (Å²) in [6.07, 6.45) is 0. The van der Waals surface area contributed by atoms with Crippen LogP contribution in [-0.2, 0) is 16.6 Å². The van der Waals surface area contributed by atoms with Gasteiger partial charge in [-0.1, -0.05) is 18.6 Å². The van der Waals surface area contributed by atoms with E-state index in [0.29, 0.717) is 17.9 Å². The highest BCUT2D eigenvalue weighted by atomic mass is 16.5. The van der Waals surface area contributed by atoms with Gasteiger partial charge in [-0.3, -0.25) is 9.69 Å². The molecule has 146 valence electrons. The van der Waals surface area contributed by atoms with Gasteiger partial charge in [0, 0.05) is 38.6 Å². The van der Waals surface area contributed by atoms with E-state index in [2.05, 4.69) is 22.0 Å². The number of piperazine rings is 1. The standard InChI is InChI=1S/C20H28N4O3/c1-5-23-8-10-24(11-9-23)13-17(25)21-18-15-12-14(2)6-7-16(15)22(3)19(18)20(26)27-4/h6-7,12H,5,8-11,13H2,1-4H3,(H,21,25). The zero-order valence-corrected chi connectivity index (χ0v) is 16.5. The van der Waals surface area contributed by atoms with Crippen molar-refractivity contribution < 1.29 is 14.3 Å². The fraction of sp³-hybridized carbons (Fsp3) is 0.500. The van der Waals surface area contributed by atoms with E-state index in [1.807, 2.05) is 32.2 Å².